The highest BCUT2D eigenvalue weighted by Gasteiger charge is 2.09. The molecule has 0 spiro atoms. The molecule has 0 fully saturated rings. The molecule has 0 bridgehead atoms. The van der Waals surface area contributed by atoms with E-state index < -0.39 is 0 Å². The van der Waals surface area contributed by atoms with Gasteiger partial charge in [0.15, 0.2) is 10.6 Å². The van der Waals surface area contributed by atoms with Gasteiger partial charge in [-0.3, -0.25) is 14.6 Å². The first-order valence-corrected chi connectivity index (χ1v) is 7.32. The minimum atomic E-state index is 0.626. The summed E-state index contributed by atoms with van der Waals surface area (Å²) < 4.78 is 2.63. The highest BCUT2D eigenvalue weighted by atomic mass is 32.1. The summed E-state index contributed by atoms with van der Waals surface area (Å²) in [4.78, 5) is 4.04. The second kappa shape index (κ2) is 6.01. The van der Waals surface area contributed by atoms with Gasteiger partial charge >= 0.3 is 0 Å². The molecule has 0 amide bonds. The largest absolute Gasteiger partial charge is 0.296 e. The van der Waals surface area contributed by atoms with Crippen molar-refractivity contribution in [3.8, 4) is 11.4 Å². The Morgan fingerprint density at radius 1 is 1.05 bits per heavy atom. The van der Waals surface area contributed by atoms with Gasteiger partial charge in [-0.1, -0.05) is 31.2 Å². The monoisotopic (exact) mass is 296 g/mol. The van der Waals surface area contributed by atoms with Crippen LogP contribution in [0.1, 0.15) is 18.1 Å². The van der Waals surface area contributed by atoms with Crippen molar-refractivity contribution in [2.24, 2.45) is 0 Å². The molecule has 21 heavy (non-hydrogen) atoms. The van der Waals surface area contributed by atoms with Gasteiger partial charge in [0, 0.05) is 18.0 Å². The van der Waals surface area contributed by atoms with Gasteiger partial charge in [-0.2, -0.15) is 5.10 Å². The van der Waals surface area contributed by atoms with E-state index in [0.29, 0.717) is 11.3 Å². The molecule has 1 aromatic carbocycles. The molecule has 3 rings (SSSR count). The molecule has 0 aliphatic heterocycles. The van der Waals surface area contributed by atoms with Crippen LogP contribution in [0, 0.1) is 4.77 Å². The van der Waals surface area contributed by atoms with Gasteiger partial charge in [0.25, 0.3) is 0 Å². The lowest BCUT2D eigenvalue weighted by Gasteiger charge is -2.07. The number of benzene rings is 1. The van der Waals surface area contributed by atoms with Gasteiger partial charge in [0.05, 0.1) is 6.54 Å². The second-order valence-corrected chi connectivity index (χ2v) is 5.23. The zero-order chi connectivity index (χ0) is 14.7. The van der Waals surface area contributed by atoms with Crippen LogP contribution in [-0.2, 0) is 13.0 Å². The van der Waals surface area contributed by atoms with E-state index in [-0.39, 0.29) is 0 Å². The van der Waals surface area contributed by atoms with Crippen LogP contribution in [0.5, 0.6) is 0 Å². The molecule has 106 valence electrons. The number of nitrogens with zero attached hydrogens (tertiary/aromatic N) is 3. The fraction of sp³-hybridized carbons (Fsp3) is 0.188. The summed E-state index contributed by atoms with van der Waals surface area (Å²) in [7, 11) is 0. The van der Waals surface area contributed by atoms with Crippen LogP contribution in [0.2, 0.25) is 0 Å². The summed E-state index contributed by atoms with van der Waals surface area (Å²) in [6.45, 7) is 2.86. The first-order chi connectivity index (χ1) is 10.3. The van der Waals surface area contributed by atoms with Crippen LogP contribution in [0.25, 0.3) is 11.4 Å². The van der Waals surface area contributed by atoms with Gasteiger partial charge in [-0.15, -0.1) is 0 Å². The van der Waals surface area contributed by atoms with E-state index in [2.05, 4.69) is 46.4 Å². The van der Waals surface area contributed by atoms with E-state index in [1.807, 2.05) is 16.7 Å². The molecular formula is C16H16N4S. The third kappa shape index (κ3) is 2.92. The number of pyridine rings is 1. The lowest BCUT2D eigenvalue weighted by Crippen LogP contribution is -2.02. The maximum Gasteiger partial charge on any atom is 0.195 e. The molecular weight excluding hydrogens is 280 g/mol. The number of rotatable bonds is 4. The summed E-state index contributed by atoms with van der Waals surface area (Å²) in [6, 6.07) is 12.5. The van der Waals surface area contributed by atoms with Crippen molar-refractivity contribution >= 4 is 12.2 Å². The first-order valence-electron chi connectivity index (χ1n) is 6.91. The Kier molecular flexibility index (Phi) is 3.92. The Bertz CT molecular complexity index is 772. The Balaban J connectivity index is 1.95. The number of H-pyrrole nitrogens is 1. The third-order valence-electron chi connectivity index (χ3n) is 3.47. The number of hydrogen-bond acceptors (Lipinski definition) is 3. The minimum absolute atomic E-state index is 0.626. The highest BCUT2D eigenvalue weighted by molar-refractivity contribution is 7.71. The standard InChI is InChI=1S/C16H16N4S/c1-2-12-3-5-13(6-4-12)11-20-15(18-19-16(20)21)14-7-9-17-10-8-14/h3-10H,2,11H2,1H3,(H,19,21). The van der Waals surface area contributed by atoms with E-state index >= 15 is 0 Å². The predicted molar refractivity (Wildman–Crippen MR) is 85.6 cm³/mol. The third-order valence-corrected chi connectivity index (χ3v) is 3.78. The van der Waals surface area contributed by atoms with Crippen LogP contribution in [0.4, 0.5) is 0 Å². The van der Waals surface area contributed by atoms with Crippen molar-refractivity contribution in [3.05, 3.63) is 64.7 Å². The highest BCUT2D eigenvalue weighted by Crippen LogP contribution is 2.17. The van der Waals surface area contributed by atoms with Gasteiger partial charge in [0.2, 0.25) is 0 Å². The van der Waals surface area contributed by atoms with Crippen molar-refractivity contribution in [3.63, 3.8) is 0 Å². The number of hydrogen-bond donors (Lipinski definition) is 1. The molecule has 4 nitrogen and oxygen atoms in total. The molecule has 3 aromatic rings. The van der Waals surface area contributed by atoms with Gasteiger partial charge < -0.3 is 0 Å². The zero-order valence-corrected chi connectivity index (χ0v) is 12.6. The normalized spacial score (nSPS) is 10.7. The molecule has 0 saturated carbocycles. The quantitative estimate of drug-likeness (QED) is 0.748. The molecule has 0 aliphatic rings. The van der Waals surface area contributed by atoms with Crippen molar-refractivity contribution in [2.75, 3.05) is 0 Å². The van der Waals surface area contributed by atoms with E-state index in [0.717, 1.165) is 17.8 Å². The summed E-state index contributed by atoms with van der Waals surface area (Å²) >= 11 is 5.35. The molecule has 0 unspecified atom stereocenters. The van der Waals surface area contributed by atoms with Crippen molar-refractivity contribution in [1.29, 1.82) is 0 Å². The van der Waals surface area contributed by atoms with Crippen LogP contribution in [0.15, 0.2) is 48.8 Å². The SMILES string of the molecule is CCc1ccc(Cn2c(-c3ccncc3)n[nH]c2=S)cc1. The molecule has 0 aliphatic carbocycles. The zero-order valence-electron chi connectivity index (χ0n) is 11.8. The topological polar surface area (TPSA) is 46.5 Å². The Hall–Kier alpha value is -2.27. The average molecular weight is 296 g/mol. The minimum Gasteiger partial charge on any atom is -0.296 e. The summed E-state index contributed by atoms with van der Waals surface area (Å²) in [5.41, 5.74) is 3.55. The van der Waals surface area contributed by atoms with E-state index in [1.54, 1.807) is 12.4 Å². The first kappa shape index (κ1) is 13.7. The number of nitrogens with one attached hydrogen (secondary N) is 1. The molecule has 0 radical (unpaired) electrons. The van der Waals surface area contributed by atoms with Crippen molar-refractivity contribution in [2.45, 2.75) is 19.9 Å². The number of aromatic amines is 1. The smallest absolute Gasteiger partial charge is 0.195 e. The molecule has 2 heterocycles. The lowest BCUT2D eigenvalue weighted by atomic mass is 10.1. The Morgan fingerprint density at radius 3 is 2.38 bits per heavy atom. The maximum absolute atomic E-state index is 5.35. The van der Waals surface area contributed by atoms with Crippen LogP contribution >= 0.6 is 12.2 Å². The number of aryl methyl sites for hydroxylation is 1. The van der Waals surface area contributed by atoms with E-state index in [4.69, 9.17) is 12.2 Å². The molecule has 2 aromatic heterocycles. The van der Waals surface area contributed by atoms with Gasteiger partial charge in [0.1, 0.15) is 0 Å². The fourth-order valence-corrected chi connectivity index (χ4v) is 2.45. The summed E-state index contributed by atoms with van der Waals surface area (Å²) in [6.07, 6.45) is 4.56. The summed E-state index contributed by atoms with van der Waals surface area (Å²) in [5, 5.41) is 7.21. The van der Waals surface area contributed by atoms with Crippen LogP contribution in [0.3, 0.4) is 0 Å². The predicted octanol–water partition coefficient (Wildman–Crippen LogP) is 3.61. The maximum atomic E-state index is 5.35. The van der Waals surface area contributed by atoms with Crippen molar-refractivity contribution in [1.82, 2.24) is 19.7 Å². The summed E-state index contributed by atoms with van der Waals surface area (Å²) in [5.74, 6) is 0.835. The van der Waals surface area contributed by atoms with Crippen LogP contribution < -0.4 is 0 Å². The molecule has 0 saturated heterocycles. The average Bonchev–Trinajstić information content (AvgIpc) is 2.90. The molecule has 5 heteroatoms. The Labute approximate surface area is 128 Å². The fourth-order valence-electron chi connectivity index (χ4n) is 2.25. The van der Waals surface area contributed by atoms with Crippen LogP contribution in [-0.4, -0.2) is 19.7 Å². The van der Waals surface area contributed by atoms with Crippen molar-refractivity contribution < 1.29 is 0 Å². The van der Waals surface area contributed by atoms with Gasteiger partial charge in [-0.25, -0.2) is 0 Å². The molecule has 1 N–H and O–H groups in total. The lowest BCUT2D eigenvalue weighted by molar-refractivity contribution is 0.789. The number of aromatic nitrogens is 4. The Morgan fingerprint density at radius 2 is 1.71 bits per heavy atom. The molecule has 0 atom stereocenters. The second-order valence-electron chi connectivity index (χ2n) is 4.84. The van der Waals surface area contributed by atoms with E-state index in [1.165, 1.54) is 11.1 Å². The van der Waals surface area contributed by atoms with E-state index in [9.17, 15) is 0 Å². The van der Waals surface area contributed by atoms with Gasteiger partial charge in [-0.05, 0) is 41.9 Å².